The summed E-state index contributed by atoms with van der Waals surface area (Å²) in [4.78, 5) is 2.26. The predicted molar refractivity (Wildman–Crippen MR) is 56.8 cm³/mol. The minimum absolute atomic E-state index is 0.348. The molecule has 3 rings (SSSR count). The van der Waals surface area contributed by atoms with Crippen LogP contribution in [-0.4, -0.2) is 13.1 Å². The fourth-order valence-corrected chi connectivity index (χ4v) is 2.14. The van der Waals surface area contributed by atoms with Gasteiger partial charge in [-0.2, -0.15) is 0 Å². The summed E-state index contributed by atoms with van der Waals surface area (Å²) in [7, 11) is 2.11. The Labute approximate surface area is 83.1 Å². The number of hydrogen-bond donors (Lipinski definition) is 0. The molecule has 0 saturated carbocycles. The number of rotatable bonds is 0. The number of anilines is 1. The average molecular weight is 185 g/mol. The third-order valence-corrected chi connectivity index (χ3v) is 2.87. The third-order valence-electron chi connectivity index (χ3n) is 2.87. The lowest BCUT2D eigenvalue weighted by Gasteiger charge is -2.21. The smallest absolute Gasteiger partial charge is 0.0964 e. The molecule has 70 valence electrons. The van der Waals surface area contributed by atoms with Crippen molar-refractivity contribution < 1.29 is 4.74 Å². The number of para-hydroxylation sites is 1. The van der Waals surface area contributed by atoms with Crippen LogP contribution in [0.3, 0.4) is 0 Å². The van der Waals surface area contributed by atoms with Gasteiger partial charge in [-0.15, -0.1) is 0 Å². The average Bonchev–Trinajstić information content (AvgIpc) is 2.55. The van der Waals surface area contributed by atoms with Gasteiger partial charge < -0.3 is 9.64 Å². The van der Waals surface area contributed by atoms with Gasteiger partial charge in [0.05, 0.1) is 18.6 Å². The molecule has 1 aromatic rings. The summed E-state index contributed by atoms with van der Waals surface area (Å²) in [6.07, 6.45) is 5.67. The van der Waals surface area contributed by atoms with Crippen molar-refractivity contribution in [3.05, 3.63) is 48.4 Å². The van der Waals surface area contributed by atoms with Gasteiger partial charge in [-0.1, -0.05) is 18.2 Å². The molecule has 0 amide bonds. The Kier molecular flexibility index (Phi) is 1.45. The van der Waals surface area contributed by atoms with E-state index in [1.165, 1.54) is 16.8 Å². The summed E-state index contributed by atoms with van der Waals surface area (Å²) in [5.41, 5.74) is 3.81. The van der Waals surface area contributed by atoms with Crippen molar-refractivity contribution in [3.63, 3.8) is 0 Å². The van der Waals surface area contributed by atoms with Crippen molar-refractivity contribution in [1.29, 1.82) is 0 Å². The highest BCUT2D eigenvalue weighted by atomic mass is 16.5. The molecule has 0 fully saturated rings. The number of hydrogen-bond acceptors (Lipinski definition) is 2. The van der Waals surface area contributed by atoms with Crippen molar-refractivity contribution >= 4 is 11.3 Å². The Balaban J connectivity index is 2.21. The molecule has 1 atom stereocenters. The number of likely N-dealkylation sites (N-methyl/N-ethyl adjacent to an activating group) is 1. The van der Waals surface area contributed by atoms with Gasteiger partial charge in [-0.05, 0) is 12.1 Å². The zero-order valence-corrected chi connectivity index (χ0v) is 7.97. The highest BCUT2D eigenvalue weighted by molar-refractivity contribution is 5.88. The van der Waals surface area contributed by atoms with Crippen LogP contribution in [0.5, 0.6) is 0 Å². The summed E-state index contributed by atoms with van der Waals surface area (Å²) in [6.45, 7) is 0. The van der Waals surface area contributed by atoms with Crippen LogP contribution in [0.4, 0.5) is 5.69 Å². The lowest BCUT2D eigenvalue weighted by atomic mass is 10.0. The van der Waals surface area contributed by atoms with E-state index in [0.717, 1.165) is 0 Å². The normalized spacial score (nSPS) is 22.5. The topological polar surface area (TPSA) is 12.5 Å². The van der Waals surface area contributed by atoms with Gasteiger partial charge in [0.25, 0.3) is 0 Å². The summed E-state index contributed by atoms with van der Waals surface area (Å²) in [5.74, 6) is 0. The standard InChI is InChI=1S/C12H11NO/c1-13-11-5-3-2-4-9(11)10-8-14-7-6-12(10)13/h2-8,12H,1H3. The van der Waals surface area contributed by atoms with Gasteiger partial charge in [0, 0.05) is 23.9 Å². The highest BCUT2D eigenvalue weighted by Gasteiger charge is 2.30. The van der Waals surface area contributed by atoms with E-state index in [4.69, 9.17) is 4.74 Å². The first kappa shape index (κ1) is 7.68. The molecule has 2 aliphatic rings. The second-order valence-electron chi connectivity index (χ2n) is 3.61. The van der Waals surface area contributed by atoms with Crippen LogP contribution >= 0.6 is 0 Å². The second kappa shape index (κ2) is 2.64. The number of ether oxygens (including phenoxy) is 1. The van der Waals surface area contributed by atoms with Crippen LogP contribution in [0.15, 0.2) is 42.9 Å². The van der Waals surface area contributed by atoms with E-state index in [1.807, 2.05) is 6.26 Å². The van der Waals surface area contributed by atoms with Crippen LogP contribution in [-0.2, 0) is 4.74 Å². The Morgan fingerprint density at radius 2 is 2.14 bits per heavy atom. The summed E-state index contributed by atoms with van der Waals surface area (Å²) in [6, 6.07) is 8.76. The Hall–Kier alpha value is -1.70. The van der Waals surface area contributed by atoms with Crippen LogP contribution in [0, 0.1) is 0 Å². The molecular formula is C12H11NO. The Morgan fingerprint density at radius 1 is 1.29 bits per heavy atom. The fourth-order valence-electron chi connectivity index (χ4n) is 2.14. The SMILES string of the molecule is CN1c2ccccc2C2=COC=CC21. The molecule has 0 N–H and O–H groups in total. The molecular weight excluding hydrogens is 174 g/mol. The van der Waals surface area contributed by atoms with E-state index in [-0.39, 0.29) is 0 Å². The molecule has 2 aliphatic heterocycles. The van der Waals surface area contributed by atoms with Gasteiger partial charge in [0.15, 0.2) is 0 Å². The molecule has 1 unspecified atom stereocenters. The largest absolute Gasteiger partial charge is 0.472 e. The molecule has 2 heterocycles. The minimum Gasteiger partial charge on any atom is -0.472 e. The van der Waals surface area contributed by atoms with E-state index in [2.05, 4.69) is 42.3 Å². The number of fused-ring (bicyclic) bond motifs is 3. The third kappa shape index (κ3) is 0.854. The van der Waals surface area contributed by atoms with Crippen molar-refractivity contribution in [2.75, 3.05) is 11.9 Å². The molecule has 0 saturated heterocycles. The second-order valence-corrected chi connectivity index (χ2v) is 3.61. The van der Waals surface area contributed by atoms with E-state index in [1.54, 1.807) is 6.26 Å². The van der Waals surface area contributed by atoms with E-state index >= 15 is 0 Å². The summed E-state index contributed by atoms with van der Waals surface area (Å²) < 4.78 is 5.22. The van der Waals surface area contributed by atoms with E-state index < -0.39 is 0 Å². The summed E-state index contributed by atoms with van der Waals surface area (Å²) >= 11 is 0. The predicted octanol–water partition coefficient (Wildman–Crippen LogP) is 2.39. The number of benzene rings is 1. The van der Waals surface area contributed by atoms with Gasteiger partial charge >= 0.3 is 0 Å². The van der Waals surface area contributed by atoms with Gasteiger partial charge in [-0.3, -0.25) is 0 Å². The van der Waals surface area contributed by atoms with Crippen LogP contribution < -0.4 is 4.90 Å². The maximum absolute atomic E-state index is 5.22. The first-order valence-corrected chi connectivity index (χ1v) is 4.72. The van der Waals surface area contributed by atoms with Crippen molar-refractivity contribution in [1.82, 2.24) is 0 Å². The molecule has 0 aliphatic carbocycles. The molecule has 14 heavy (non-hydrogen) atoms. The van der Waals surface area contributed by atoms with Crippen LogP contribution in [0.1, 0.15) is 5.56 Å². The zero-order chi connectivity index (χ0) is 9.54. The number of nitrogens with zero attached hydrogens (tertiary/aromatic N) is 1. The fraction of sp³-hybridized carbons (Fsp3) is 0.167. The van der Waals surface area contributed by atoms with Gasteiger partial charge in [-0.25, -0.2) is 0 Å². The molecule has 0 spiro atoms. The maximum Gasteiger partial charge on any atom is 0.0964 e. The quantitative estimate of drug-likeness (QED) is 0.615. The Bertz CT molecular complexity index is 434. The van der Waals surface area contributed by atoms with Crippen molar-refractivity contribution in [2.24, 2.45) is 0 Å². The highest BCUT2D eigenvalue weighted by Crippen LogP contribution is 2.40. The van der Waals surface area contributed by atoms with Crippen molar-refractivity contribution in [2.45, 2.75) is 6.04 Å². The minimum atomic E-state index is 0.348. The lowest BCUT2D eigenvalue weighted by Crippen LogP contribution is -2.25. The molecule has 2 nitrogen and oxygen atoms in total. The molecule has 0 aromatic heterocycles. The van der Waals surface area contributed by atoms with E-state index in [9.17, 15) is 0 Å². The molecule has 2 heteroatoms. The van der Waals surface area contributed by atoms with Gasteiger partial charge in [0.1, 0.15) is 0 Å². The maximum atomic E-state index is 5.22. The van der Waals surface area contributed by atoms with E-state index in [0.29, 0.717) is 6.04 Å². The summed E-state index contributed by atoms with van der Waals surface area (Å²) in [5, 5.41) is 0. The monoisotopic (exact) mass is 185 g/mol. The lowest BCUT2D eigenvalue weighted by molar-refractivity contribution is 0.394. The Morgan fingerprint density at radius 3 is 3.07 bits per heavy atom. The molecule has 0 radical (unpaired) electrons. The first-order valence-electron chi connectivity index (χ1n) is 4.72. The first-order chi connectivity index (χ1) is 6.88. The molecule has 0 bridgehead atoms. The van der Waals surface area contributed by atoms with Gasteiger partial charge in [0.2, 0.25) is 0 Å². The zero-order valence-electron chi connectivity index (χ0n) is 7.97. The van der Waals surface area contributed by atoms with Crippen LogP contribution in [0.25, 0.3) is 5.57 Å². The molecule has 1 aromatic carbocycles. The van der Waals surface area contributed by atoms with Crippen molar-refractivity contribution in [3.8, 4) is 0 Å². The van der Waals surface area contributed by atoms with Crippen LogP contribution in [0.2, 0.25) is 0 Å².